The SMILES string of the molecule is CN1CCN(Cc2ccc(Br)cc2N)C1=O. The minimum Gasteiger partial charge on any atom is -0.398 e. The first-order valence-electron chi connectivity index (χ1n) is 5.12. The summed E-state index contributed by atoms with van der Waals surface area (Å²) >= 11 is 3.36. The standard InChI is InChI=1S/C11H14BrN3O/c1-14-4-5-15(11(14)16)7-8-2-3-9(12)6-10(8)13/h2-3,6H,4-5,7,13H2,1H3. The number of anilines is 1. The molecule has 1 aliphatic rings. The van der Waals surface area contributed by atoms with Crippen LogP contribution in [0.4, 0.5) is 10.5 Å². The number of carbonyl (C=O) groups is 1. The molecule has 16 heavy (non-hydrogen) atoms. The van der Waals surface area contributed by atoms with E-state index in [1.807, 2.05) is 25.2 Å². The van der Waals surface area contributed by atoms with E-state index in [-0.39, 0.29) is 6.03 Å². The second-order valence-corrected chi connectivity index (χ2v) is 4.88. The van der Waals surface area contributed by atoms with E-state index >= 15 is 0 Å². The van der Waals surface area contributed by atoms with Crippen LogP contribution in [0.2, 0.25) is 0 Å². The molecule has 1 heterocycles. The molecule has 0 aliphatic carbocycles. The zero-order valence-electron chi connectivity index (χ0n) is 9.11. The van der Waals surface area contributed by atoms with Gasteiger partial charge in [0.25, 0.3) is 0 Å². The number of rotatable bonds is 2. The number of carbonyl (C=O) groups excluding carboxylic acids is 1. The van der Waals surface area contributed by atoms with Gasteiger partial charge in [0.05, 0.1) is 0 Å². The molecule has 0 bridgehead atoms. The van der Waals surface area contributed by atoms with Gasteiger partial charge < -0.3 is 15.5 Å². The van der Waals surface area contributed by atoms with Crippen molar-refractivity contribution in [3.8, 4) is 0 Å². The van der Waals surface area contributed by atoms with Gasteiger partial charge in [-0.3, -0.25) is 0 Å². The van der Waals surface area contributed by atoms with Gasteiger partial charge in [-0.1, -0.05) is 22.0 Å². The fraction of sp³-hybridized carbons (Fsp3) is 0.364. The van der Waals surface area contributed by atoms with Crippen molar-refractivity contribution in [1.82, 2.24) is 9.80 Å². The molecule has 86 valence electrons. The number of benzene rings is 1. The van der Waals surface area contributed by atoms with E-state index in [0.717, 1.165) is 28.8 Å². The monoisotopic (exact) mass is 283 g/mol. The van der Waals surface area contributed by atoms with Crippen LogP contribution < -0.4 is 5.73 Å². The largest absolute Gasteiger partial charge is 0.398 e. The maximum Gasteiger partial charge on any atom is 0.320 e. The number of nitrogens with two attached hydrogens (primary N) is 1. The molecule has 0 saturated carbocycles. The number of hydrogen-bond acceptors (Lipinski definition) is 2. The molecule has 2 N–H and O–H groups in total. The van der Waals surface area contributed by atoms with Crippen LogP contribution in [0.3, 0.4) is 0 Å². The lowest BCUT2D eigenvalue weighted by Crippen LogP contribution is -2.29. The van der Waals surface area contributed by atoms with Gasteiger partial charge in [-0.2, -0.15) is 0 Å². The number of urea groups is 1. The van der Waals surface area contributed by atoms with E-state index in [1.165, 1.54) is 0 Å². The summed E-state index contributed by atoms with van der Waals surface area (Å²) in [4.78, 5) is 15.2. The molecule has 0 radical (unpaired) electrons. The fourth-order valence-electron chi connectivity index (χ4n) is 1.77. The average molecular weight is 284 g/mol. The van der Waals surface area contributed by atoms with Gasteiger partial charge in [-0.05, 0) is 17.7 Å². The zero-order valence-corrected chi connectivity index (χ0v) is 10.7. The number of halogens is 1. The zero-order chi connectivity index (χ0) is 11.7. The molecule has 2 amide bonds. The summed E-state index contributed by atoms with van der Waals surface area (Å²) in [7, 11) is 1.81. The molecule has 1 saturated heterocycles. The molecule has 0 spiro atoms. The highest BCUT2D eigenvalue weighted by Crippen LogP contribution is 2.21. The molecule has 5 heteroatoms. The molecule has 1 aromatic carbocycles. The molecule has 0 unspecified atom stereocenters. The van der Waals surface area contributed by atoms with Crippen LogP contribution in [0, 0.1) is 0 Å². The number of likely N-dealkylation sites (N-methyl/N-ethyl adjacent to an activating group) is 1. The topological polar surface area (TPSA) is 49.6 Å². The van der Waals surface area contributed by atoms with Crippen LogP contribution in [-0.4, -0.2) is 36.0 Å². The smallest absolute Gasteiger partial charge is 0.320 e. The Morgan fingerprint density at radius 2 is 2.19 bits per heavy atom. The summed E-state index contributed by atoms with van der Waals surface area (Å²) < 4.78 is 0.957. The Morgan fingerprint density at radius 1 is 1.44 bits per heavy atom. The summed E-state index contributed by atoms with van der Waals surface area (Å²) in [6, 6.07) is 5.82. The van der Waals surface area contributed by atoms with E-state index in [4.69, 9.17) is 5.73 Å². The highest BCUT2D eigenvalue weighted by atomic mass is 79.9. The third-order valence-corrected chi connectivity index (χ3v) is 3.26. The van der Waals surface area contributed by atoms with Crippen molar-refractivity contribution in [1.29, 1.82) is 0 Å². The number of hydrogen-bond donors (Lipinski definition) is 1. The Kier molecular flexibility index (Phi) is 3.05. The quantitative estimate of drug-likeness (QED) is 0.843. The first kappa shape index (κ1) is 11.3. The summed E-state index contributed by atoms with van der Waals surface area (Å²) in [6.07, 6.45) is 0. The molecule has 0 aromatic heterocycles. The molecule has 2 rings (SSSR count). The fourth-order valence-corrected chi connectivity index (χ4v) is 2.14. The molecule has 1 aliphatic heterocycles. The van der Waals surface area contributed by atoms with Gasteiger partial charge in [0, 0.05) is 36.8 Å². The Labute approximate surface area is 103 Å². The summed E-state index contributed by atoms with van der Waals surface area (Å²) in [5, 5.41) is 0. The Bertz CT molecular complexity index is 422. The van der Waals surface area contributed by atoms with Gasteiger partial charge in [0.15, 0.2) is 0 Å². The Balaban J connectivity index is 2.12. The van der Waals surface area contributed by atoms with Gasteiger partial charge in [-0.25, -0.2) is 4.79 Å². The van der Waals surface area contributed by atoms with E-state index < -0.39 is 0 Å². The average Bonchev–Trinajstić information content (AvgIpc) is 2.54. The molecular formula is C11H14BrN3O. The minimum absolute atomic E-state index is 0.0716. The van der Waals surface area contributed by atoms with Crippen LogP contribution in [0.5, 0.6) is 0 Å². The highest BCUT2D eigenvalue weighted by molar-refractivity contribution is 9.10. The molecule has 4 nitrogen and oxygen atoms in total. The van der Waals surface area contributed by atoms with Gasteiger partial charge in [-0.15, -0.1) is 0 Å². The third kappa shape index (κ3) is 2.14. The minimum atomic E-state index is 0.0716. The van der Waals surface area contributed by atoms with Crippen LogP contribution >= 0.6 is 15.9 Å². The van der Waals surface area contributed by atoms with E-state index in [1.54, 1.807) is 9.80 Å². The van der Waals surface area contributed by atoms with Crippen molar-refractivity contribution in [3.05, 3.63) is 28.2 Å². The van der Waals surface area contributed by atoms with Crippen molar-refractivity contribution >= 4 is 27.6 Å². The van der Waals surface area contributed by atoms with Gasteiger partial charge >= 0.3 is 6.03 Å². The van der Waals surface area contributed by atoms with E-state index in [2.05, 4.69) is 15.9 Å². The van der Waals surface area contributed by atoms with Gasteiger partial charge in [0.1, 0.15) is 0 Å². The van der Waals surface area contributed by atoms with Crippen molar-refractivity contribution in [2.75, 3.05) is 25.9 Å². The number of nitrogen functional groups attached to an aromatic ring is 1. The number of nitrogens with zero attached hydrogens (tertiary/aromatic N) is 2. The summed E-state index contributed by atoms with van der Waals surface area (Å²) in [5.41, 5.74) is 7.61. The van der Waals surface area contributed by atoms with Crippen LogP contribution in [0.25, 0.3) is 0 Å². The molecular weight excluding hydrogens is 270 g/mol. The predicted molar refractivity (Wildman–Crippen MR) is 67.0 cm³/mol. The molecule has 0 atom stereocenters. The maximum absolute atomic E-state index is 11.7. The molecule has 1 fully saturated rings. The lowest BCUT2D eigenvalue weighted by Gasteiger charge is -2.17. The van der Waals surface area contributed by atoms with E-state index in [0.29, 0.717) is 6.54 Å². The normalized spacial score (nSPS) is 16.0. The highest BCUT2D eigenvalue weighted by Gasteiger charge is 2.25. The second-order valence-electron chi connectivity index (χ2n) is 3.97. The Hall–Kier alpha value is -1.23. The van der Waals surface area contributed by atoms with Crippen molar-refractivity contribution in [3.63, 3.8) is 0 Å². The van der Waals surface area contributed by atoms with Crippen molar-refractivity contribution in [2.24, 2.45) is 0 Å². The van der Waals surface area contributed by atoms with Crippen molar-refractivity contribution < 1.29 is 4.79 Å². The lowest BCUT2D eigenvalue weighted by molar-refractivity contribution is 0.197. The van der Waals surface area contributed by atoms with E-state index in [9.17, 15) is 4.79 Å². The van der Waals surface area contributed by atoms with Crippen molar-refractivity contribution in [2.45, 2.75) is 6.54 Å². The van der Waals surface area contributed by atoms with Crippen LogP contribution in [-0.2, 0) is 6.54 Å². The third-order valence-electron chi connectivity index (χ3n) is 2.77. The predicted octanol–water partition coefficient (Wildman–Crippen LogP) is 1.90. The van der Waals surface area contributed by atoms with Crippen LogP contribution in [0.1, 0.15) is 5.56 Å². The van der Waals surface area contributed by atoms with Crippen LogP contribution in [0.15, 0.2) is 22.7 Å². The first-order valence-corrected chi connectivity index (χ1v) is 5.91. The molecule has 1 aromatic rings. The first-order chi connectivity index (χ1) is 7.58. The Morgan fingerprint density at radius 3 is 2.75 bits per heavy atom. The summed E-state index contributed by atoms with van der Waals surface area (Å²) in [5.74, 6) is 0. The second kappa shape index (κ2) is 4.33. The maximum atomic E-state index is 11.7. The summed E-state index contributed by atoms with van der Waals surface area (Å²) in [6.45, 7) is 2.14. The number of amides is 2. The lowest BCUT2D eigenvalue weighted by atomic mass is 10.2. The van der Waals surface area contributed by atoms with Gasteiger partial charge in [0.2, 0.25) is 0 Å².